The molecule has 0 N–H and O–H groups in total. The number of fused-ring (bicyclic) bond motifs is 9. The molecule has 1 atom stereocenters. The van der Waals surface area contributed by atoms with Crippen molar-refractivity contribution < 1.29 is 0 Å². The summed E-state index contributed by atoms with van der Waals surface area (Å²) in [6, 6.07) is 64.6. The van der Waals surface area contributed by atoms with Gasteiger partial charge in [0.1, 0.15) is 0 Å². The van der Waals surface area contributed by atoms with E-state index in [-0.39, 0.29) is 5.41 Å². The predicted molar refractivity (Wildman–Crippen MR) is 241 cm³/mol. The van der Waals surface area contributed by atoms with Gasteiger partial charge in [-0.15, -0.1) is 0 Å². The molecule has 0 fully saturated rings. The molecule has 3 heterocycles. The lowest BCUT2D eigenvalue weighted by Gasteiger charge is -2.40. The summed E-state index contributed by atoms with van der Waals surface area (Å²) in [5, 5.41) is 3.71. The molecule has 1 unspecified atom stereocenters. The molecule has 2 aliphatic carbocycles. The Balaban J connectivity index is 1.09. The SMILES string of the molecule is CC12Cc3c(n(-c4nc(-c5ccccc5)nc(-c5ccccc5)n4)c4ccccc34)C=C1C=C(c1ccc3c(c1)c1ccccc1n3-c1ccccc1)c1ccccc12. The van der Waals surface area contributed by atoms with Crippen molar-refractivity contribution in [2.45, 2.75) is 18.8 Å². The maximum atomic E-state index is 5.22. The maximum Gasteiger partial charge on any atom is 0.238 e. The number of benzene rings is 7. The summed E-state index contributed by atoms with van der Waals surface area (Å²) >= 11 is 0. The van der Waals surface area contributed by atoms with Gasteiger partial charge >= 0.3 is 0 Å². The summed E-state index contributed by atoms with van der Waals surface area (Å²) in [6.45, 7) is 2.42. The highest BCUT2D eigenvalue weighted by atomic mass is 15.2. The van der Waals surface area contributed by atoms with Crippen molar-refractivity contribution in [1.29, 1.82) is 0 Å². The zero-order valence-electron chi connectivity index (χ0n) is 32.4. The highest BCUT2D eigenvalue weighted by molar-refractivity contribution is 6.10. The van der Waals surface area contributed by atoms with Crippen LogP contribution >= 0.6 is 0 Å². The topological polar surface area (TPSA) is 48.5 Å². The molecule has 2 aliphatic rings. The Labute approximate surface area is 341 Å². The number of para-hydroxylation sites is 3. The van der Waals surface area contributed by atoms with Crippen molar-refractivity contribution in [3.8, 4) is 34.4 Å². The molecular formula is C54H37N5. The molecule has 12 rings (SSSR count). The average molecular weight is 756 g/mol. The molecule has 0 bridgehead atoms. The number of rotatable bonds is 5. The van der Waals surface area contributed by atoms with Crippen LogP contribution in [0, 0.1) is 0 Å². The van der Waals surface area contributed by atoms with E-state index in [0.717, 1.165) is 34.4 Å². The first-order chi connectivity index (χ1) is 29.1. The molecule has 59 heavy (non-hydrogen) atoms. The van der Waals surface area contributed by atoms with Gasteiger partial charge in [-0.25, -0.2) is 4.98 Å². The van der Waals surface area contributed by atoms with Gasteiger partial charge in [-0.3, -0.25) is 4.57 Å². The van der Waals surface area contributed by atoms with Crippen LogP contribution in [0.5, 0.6) is 0 Å². The molecule has 0 spiro atoms. The van der Waals surface area contributed by atoms with Crippen molar-refractivity contribution in [1.82, 2.24) is 24.1 Å². The van der Waals surface area contributed by atoms with Crippen LogP contribution in [0.3, 0.4) is 0 Å². The van der Waals surface area contributed by atoms with E-state index in [1.54, 1.807) is 0 Å². The van der Waals surface area contributed by atoms with Crippen LogP contribution in [0.2, 0.25) is 0 Å². The molecule has 5 heteroatoms. The lowest BCUT2D eigenvalue weighted by atomic mass is 9.63. The lowest BCUT2D eigenvalue weighted by molar-refractivity contribution is 0.557. The molecule has 5 nitrogen and oxygen atoms in total. The van der Waals surface area contributed by atoms with Crippen LogP contribution in [-0.2, 0) is 11.8 Å². The summed E-state index contributed by atoms with van der Waals surface area (Å²) in [4.78, 5) is 15.5. The number of nitrogens with zero attached hydrogens (tertiary/aromatic N) is 5. The van der Waals surface area contributed by atoms with Gasteiger partial charge in [-0.2, -0.15) is 9.97 Å². The molecule has 7 aromatic carbocycles. The third-order valence-electron chi connectivity index (χ3n) is 12.5. The van der Waals surface area contributed by atoms with E-state index in [0.29, 0.717) is 17.6 Å². The highest BCUT2D eigenvalue weighted by Gasteiger charge is 2.41. The summed E-state index contributed by atoms with van der Waals surface area (Å²) in [5.74, 6) is 1.90. The van der Waals surface area contributed by atoms with E-state index >= 15 is 0 Å². The van der Waals surface area contributed by atoms with Crippen LogP contribution in [0.1, 0.15) is 34.9 Å². The fraction of sp³-hybridized carbons (Fsp3) is 0.0556. The summed E-state index contributed by atoms with van der Waals surface area (Å²) in [7, 11) is 0. The van der Waals surface area contributed by atoms with Gasteiger partial charge in [0.05, 0.1) is 22.2 Å². The molecule has 0 aliphatic heterocycles. The van der Waals surface area contributed by atoms with Crippen molar-refractivity contribution >= 4 is 44.4 Å². The van der Waals surface area contributed by atoms with Crippen molar-refractivity contribution in [3.05, 3.63) is 222 Å². The van der Waals surface area contributed by atoms with Gasteiger partial charge in [0.25, 0.3) is 0 Å². The Kier molecular flexibility index (Phi) is 7.35. The molecule has 10 aromatic rings. The van der Waals surface area contributed by atoms with Gasteiger partial charge in [0, 0.05) is 38.4 Å². The molecular weight excluding hydrogens is 719 g/mol. The van der Waals surface area contributed by atoms with Crippen molar-refractivity contribution in [3.63, 3.8) is 0 Å². The first kappa shape index (κ1) is 33.5. The Bertz CT molecular complexity index is 3300. The van der Waals surface area contributed by atoms with Crippen molar-refractivity contribution in [2.24, 2.45) is 0 Å². The number of aromatic nitrogens is 5. The minimum absolute atomic E-state index is 0.251. The summed E-state index contributed by atoms with van der Waals surface area (Å²) in [6.07, 6.45) is 5.69. The second kappa shape index (κ2) is 12.9. The molecule has 3 aromatic heterocycles. The highest BCUT2D eigenvalue weighted by Crippen LogP contribution is 2.52. The predicted octanol–water partition coefficient (Wildman–Crippen LogP) is 12.6. The van der Waals surface area contributed by atoms with Gasteiger partial charge in [0.2, 0.25) is 5.95 Å². The monoisotopic (exact) mass is 755 g/mol. The third kappa shape index (κ3) is 5.14. The van der Waals surface area contributed by atoms with Crippen LogP contribution in [-0.4, -0.2) is 24.1 Å². The first-order valence-corrected chi connectivity index (χ1v) is 20.2. The molecule has 0 saturated carbocycles. The van der Waals surface area contributed by atoms with Gasteiger partial charge in [-0.1, -0.05) is 153 Å². The Hall–Kier alpha value is -7.63. The minimum Gasteiger partial charge on any atom is -0.309 e. The van der Waals surface area contributed by atoms with E-state index in [1.165, 1.54) is 60.6 Å². The molecule has 0 amide bonds. The second-order valence-electron chi connectivity index (χ2n) is 15.9. The van der Waals surface area contributed by atoms with Crippen LogP contribution < -0.4 is 0 Å². The Morgan fingerprint density at radius 1 is 0.475 bits per heavy atom. The number of allylic oxidation sites excluding steroid dienone is 2. The lowest BCUT2D eigenvalue weighted by Crippen LogP contribution is -2.33. The Morgan fingerprint density at radius 2 is 1.05 bits per heavy atom. The fourth-order valence-electron chi connectivity index (χ4n) is 9.66. The number of hydrogen-bond acceptors (Lipinski definition) is 3. The zero-order chi connectivity index (χ0) is 39.1. The van der Waals surface area contributed by atoms with Gasteiger partial charge in [0.15, 0.2) is 11.6 Å². The smallest absolute Gasteiger partial charge is 0.238 e. The first-order valence-electron chi connectivity index (χ1n) is 20.2. The van der Waals surface area contributed by atoms with E-state index < -0.39 is 0 Å². The van der Waals surface area contributed by atoms with Crippen LogP contribution in [0.25, 0.3) is 78.8 Å². The van der Waals surface area contributed by atoms with Crippen LogP contribution in [0.4, 0.5) is 0 Å². The van der Waals surface area contributed by atoms with E-state index in [4.69, 9.17) is 15.0 Å². The third-order valence-corrected chi connectivity index (χ3v) is 12.5. The normalized spacial score (nSPS) is 15.7. The maximum absolute atomic E-state index is 5.22. The fourth-order valence-corrected chi connectivity index (χ4v) is 9.66. The standard InChI is InChI=1S/C54H37N5/c1-54-34-45-42-25-13-16-28-48(42)59(53-56-51(35-17-5-2-6-18-35)55-52(57-53)36-19-7-3-8-20-36)50(45)33-38(54)32-43(40-23-11-14-26-46(40)54)37-29-30-49-44(31-37)41-24-12-15-27-47(41)58(49)39-21-9-4-10-22-39/h2-33H,34H2,1H3. The van der Waals surface area contributed by atoms with Gasteiger partial charge < -0.3 is 4.57 Å². The minimum atomic E-state index is -0.251. The Morgan fingerprint density at radius 3 is 1.76 bits per heavy atom. The second-order valence-corrected chi connectivity index (χ2v) is 15.9. The number of hydrogen-bond donors (Lipinski definition) is 0. The summed E-state index contributed by atoms with van der Waals surface area (Å²) in [5.41, 5.74) is 15.0. The van der Waals surface area contributed by atoms with Crippen LogP contribution in [0.15, 0.2) is 194 Å². The van der Waals surface area contributed by atoms with Crippen molar-refractivity contribution in [2.75, 3.05) is 0 Å². The van der Waals surface area contributed by atoms with E-state index in [9.17, 15) is 0 Å². The summed E-state index contributed by atoms with van der Waals surface area (Å²) < 4.78 is 4.64. The van der Waals surface area contributed by atoms with E-state index in [2.05, 4.69) is 174 Å². The van der Waals surface area contributed by atoms with E-state index in [1.807, 2.05) is 36.4 Å². The largest absolute Gasteiger partial charge is 0.309 e. The zero-order valence-corrected chi connectivity index (χ0v) is 32.4. The quantitative estimate of drug-likeness (QED) is 0.176. The molecule has 0 saturated heterocycles. The molecule has 0 radical (unpaired) electrons. The average Bonchev–Trinajstić information content (AvgIpc) is 3.80. The van der Waals surface area contributed by atoms with Gasteiger partial charge in [-0.05, 0) is 88.4 Å². The molecule has 278 valence electrons.